The zero-order valence-corrected chi connectivity index (χ0v) is 11.6. The highest BCUT2D eigenvalue weighted by Gasteiger charge is 2.33. The molecule has 1 aliphatic heterocycles. The number of aromatic nitrogens is 2. The van der Waals surface area contributed by atoms with Gasteiger partial charge in [0, 0.05) is 18.8 Å². The second-order valence-corrected chi connectivity index (χ2v) is 4.78. The Morgan fingerprint density at radius 3 is 3.05 bits per heavy atom. The van der Waals surface area contributed by atoms with E-state index in [-0.39, 0.29) is 17.9 Å². The molecule has 0 spiro atoms. The fourth-order valence-corrected chi connectivity index (χ4v) is 2.18. The molecule has 2 heterocycles. The van der Waals surface area contributed by atoms with Crippen molar-refractivity contribution in [3.8, 4) is 0 Å². The van der Waals surface area contributed by atoms with Gasteiger partial charge in [-0.3, -0.25) is 9.48 Å². The standard InChI is InChI=1S/C13H22N4O2/c1-3-5-14-12-9-19-8-11(12)13(18)16-10-6-15-17(4-2)7-10/h6-7,11-12,14H,3-5,8-9H2,1-2H3,(H,16,18). The third-order valence-electron chi connectivity index (χ3n) is 3.30. The molecule has 1 aromatic rings. The van der Waals surface area contributed by atoms with Gasteiger partial charge in [0.1, 0.15) is 0 Å². The van der Waals surface area contributed by atoms with Gasteiger partial charge in [-0.25, -0.2) is 0 Å². The van der Waals surface area contributed by atoms with Crippen LogP contribution in [0, 0.1) is 5.92 Å². The van der Waals surface area contributed by atoms with Crippen LogP contribution < -0.4 is 10.6 Å². The van der Waals surface area contributed by atoms with Crippen LogP contribution in [0.4, 0.5) is 5.69 Å². The number of ether oxygens (including phenoxy) is 1. The Morgan fingerprint density at radius 1 is 1.53 bits per heavy atom. The maximum Gasteiger partial charge on any atom is 0.231 e. The van der Waals surface area contributed by atoms with E-state index in [0.717, 1.165) is 25.2 Å². The second-order valence-electron chi connectivity index (χ2n) is 4.78. The predicted molar refractivity (Wildman–Crippen MR) is 72.9 cm³/mol. The Morgan fingerprint density at radius 2 is 2.37 bits per heavy atom. The highest BCUT2D eigenvalue weighted by atomic mass is 16.5. The summed E-state index contributed by atoms with van der Waals surface area (Å²) in [6.45, 7) is 6.90. The number of amides is 1. The number of rotatable bonds is 6. The summed E-state index contributed by atoms with van der Waals surface area (Å²) in [4.78, 5) is 12.2. The lowest BCUT2D eigenvalue weighted by Gasteiger charge is -2.17. The van der Waals surface area contributed by atoms with Crippen molar-refractivity contribution in [2.75, 3.05) is 25.1 Å². The minimum Gasteiger partial charge on any atom is -0.379 e. The lowest BCUT2D eigenvalue weighted by molar-refractivity contribution is -0.120. The van der Waals surface area contributed by atoms with Gasteiger partial charge in [-0.1, -0.05) is 6.92 Å². The molecular weight excluding hydrogens is 244 g/mol. The summed E-state index contributed by atoms with van der Waals surface area (Å²) >= 11 is 0. The normalized spacial score (nSPS) is 22.6. The average molecular weight is 266 g/mol. The van der Waals surface area contributed by atoms with Crippen molar-refractivity contribution in [1.82, 2.24) is 15.1 Å². The summed E-state index contributed by atoms with van der Waals surface area (Å²) in [5, 5.41) is 10.4. The molecule has 1 fully saturated rings. The summed E-state index contributed by atoms with van der Waals surface area (Å²) in [7, 11) is 0. The number of carbonyl (C=O) groups excluding carboxylic acids is 1. The first kappa shape index (κ1) is 14.0. The Bertz CT molecular complexity index is 419. The quantitative estimate of drug-likeness (QED) is 0.801. The number of hydrogen-bond acceptors (Lipinski definition) is 4. The molecule has 106 valence electrons. The maximum absolute atomic E-state index is 12.2. The third-order valence-corrected chi connectivity index (χ3v) is 3.30. The summed E-state index contributed by atoms with van der Waals surface area (Å²) in [5.41, 5.74) is 0.744. The average Bonchev–Trinajstić information content (AvgIpc) is 3.04. The van der Waals surface area contributed by atoms with Crippen molar-refractivity contribution < 1.29 is 9.53 Å². The van der Waals surface area contributed by atoms with Crippen LogP contribution in [-0.2, 0) is 16.1 Å². The van der Waals surface area contributed by atoms with E-state index in [9.17, 15) is 4.79 Å². The van der Waals surface area contributed by atoms with E-state index in [1.807, 2.05) is 13.1 Å². The van der Waals surface area contributed by atoms with E-state index in [1.54, 1.807) is 10.9 Å². The first-order chi connectivity index (χ1) is 9.24. The highest BCUT2D eigenvalue weighted by Crippen LogP contribution is 2.16. The molecule has 1 aliphatic rings. The van der Waals surface area contributed by atoms with Crippen molar-refractivity contribution in [2.45, 2.75) is 32.9 Å². The molecule has 6 nitrogen and oxygen atoms in total. The van der Waals surface area contributed by atoms with Crippen molar-refractivity contribution >= 4 is 11.6 Å². The van der Waals surface area contributed by atoms with Gasteiger partial charge in [0.2, 0.25) is 5.91 Å². The maximum atomic E-state index is 12.2. The number of aryl methyl sites for hydroxylation is 1. The molecule has 1 aromatic heterocycles. The van der Waals surface area contributed by atoms with Gasteiger partial charge in [0.05, 0.1) is 31.0 Å². The molecule has 0 aliphatic carbocycles. The molecule has 1 saturated heterocycles. The first-order valence-electron chi connectivity index (χ1n) is 6.89. The number of anilines is 1. The van der Waals surface area contributed by atoms with Gasteiger partial charge in [0.15, 0.2) is 0 Å². The molecular formula is C13H22N4O2. The molecule has 19 heavy (non-hydrogen) atoms. The van der Waals surface area contributed by atoms with E-state index in [0.29, 0.717) is 13.2 Å². The second kappa shape index (κ2) is 6.68. The molecule has 2 N–H and O–H groups in total. The van der Waals surface area contributed by atoms with Crippen LogP contribution in [0.3, 0.4) is 0 Å². The Hall–Kier alpha value is -1.40. The molecule has 1 amide bonds. The van der Waals surface area contributed by atoms with Crippen molar-refractivity contribution in [3.63, 3.8) is 0 Å². The highest BCUT2D eigenvalue weighted by molar-refractivity contribution is 5.93. The van der Waals surface area contributed by atoms with Gasteiger partial charge < -0.3 is 15.4 Å². The van der Waals surface area contributed by atoms with Crippen molar-refractivity contribution in [3.05, 3.63) is 12.4 Å². The molecule has 0 aromatic carbocycles. The minimum absolute atomic E-state index is 0.00163. The number of nitrogens with zero attached hydrogens (tertiary/aromatic N) is 2. The summed E-state index contributed by atoms with van der Waals surface area (Å²) in [6.07, 6.45) is 4.56. The summed E-state index contributed by atoms with van der Waals surface area (Å²) < 4.78 is 7.19. The lowest BCUT2D eigenvalue weighted by atomic mass is 10.0. The van der Waals surface area contributed by atoms with E-state index in [4.69, 9.17) is 4.74 Å². The molecule has 2 rings (SSSR count). The minimum atomic E-state index is -0.128. The first-order valence-corrected chi connectivity index (χ1v) is 6.89. The van der Waals surface area contributed by atoms with Crippen molar-refractivity contribution in [2.24, 2.45) is 5.92 Å². The zero-order chi connectivity index (χ0) is 13.7. The Kier molecular flexibility index (Phi) is 4.93. The van der Waals surface area contributed by atoms with E-state index in [1.165, 1.54) is 0 Å². The molecule has 0 saturated carbocycles. The third kappa shape index (κ3) is 3.54. The largest absolute Gasteiger partial charge is 0.379 e. The van der Waals surface area contributed by atoms with Crippen LogP contribution in [0.5, 0.6) is 0 Å². The van der Waals surface area contributed by atoms with Crippen LogP contribution in [0.1, 0.15) is 20.3 Å². The van der Waals surface area contributed by atoms with Gasteiger partial charge in [-0.2, -0.15) is 5.10 Å². The number of hydrogen-bond donors (Lipinski definition) is 2. The van der Waals surface area contributed by atoms with Crippen LogP contribution in [0.15, 0.2) is 12.4 Å². The summed E-state index contributed by atoms with van der Waals surface area (Å²) in [5.74, 6) is -0.127. The van der Waals surface area contributed by atoms with Crippen LogP contribution in [-0.4, -0.2) is 41.5 Å². The van der Waals surface area contributed by atoms with Gasteiger partial charge in [-0.05, 0) is 19.9 Å². The fraction of sp³-hybridized carbons (Fsp3) is 0.692. The van der Waals surface area contributed by atoms with Crippen LogP contribution in [0.2, 0.25) is 0 Å². The van der Waals surface area contributed by atoms with Crippen LogP contribution >= 0.6 is 0 Å². The molecule has 6 heteroatoms. The van der Waals surface area contributed by atoms with Gasteiger partial charge in [0.25, 0.3) is 0 Å². The molecule has 2 atom stereocenters. The Labute approximate surface area is 113 Å². The van der Waals surface area contributed by atoms with Crippen LogP contribution in [0.25, 0.3) is 0 Å². The number of carbonyl (C=O) groups is 1. The SMILES string of the molecule is CCCNC1COCC1C(=O)Nc1cnn(CC)c1. The lowest BCUT2D eigenvalue weighted by Crippen LogP contribution is -2.41. The molecule has 2 unspecified atom stereocenters. The predicted octanol–water partition coefficient (Wildman–Crippen LogP) is 0.856. The van der Waals surface area contributed by atoms with E-state index >= 15 is 0 Å². The van der Waals surface area contributed by atoms with E-state index in [2.05, 4.69) is 22.7 Å². The Balaban J connectivity index is 1.91. The monoisotopic (exact) mass is 266 g/mol. The topological polar surface area (TPSA) is 68.2 Å². The van der Waals surface area contributed by atoms with Gasteiger partial charge in [-0.15, -0.1) is 0 Å². The zero-order valence-electron chi connectivity index (χ0n) is 11.6. The fourth-order valence-electron chi connectivity index (χ4n) is 2.18. The van der Waals surface area contributed by atoms with Crippen molar-refractivity contribution in [1.29, 1.82) is 0 Å². The molecule has 0 bridgehead atoms. The van der Waals surface area contributed by atoms with E-state index < -0.39 is 0 Å². The number of nitrogens with one attached hydrogen (secondary N) is 2. The smallest absolute Gasteiger partial charge is 0.231 e. The molecule has 0 radical (unpaired) electrons. The van der Waals surface area contributed by atoms with Gasteiger partial charge >= 0.3 is 0 Å². The summed E-state index contributed by atoms with van der Waals surface area (Å²) in [6, 6.07) is 0.112.